The molecule has 100 valence electrons. The minimum atomic E-state index is -3.57. The van der Waals surface area contributed by atoms with Gasteiger partial charge in [0.05, 0.1) is 6.16 Å². The molecule has 0 fully saturated rings. The van der Waals surface area contributed by atoms with Gasteiger partial charge in [0.1, 0.15) is 5.75 Å². The van der Waals surface area contributed by atoms with E-state index in [9.17, 15) is 9.46 Å². The topological polar surface area (TPSA) is 59.4 Å². The predicted octanol–water partition coefficient (Wildman–Crippen LogP) is 3.28. The second-order valence-corrected chi connectivity index (χ2v) is 6.13. The molecular formula is C14H16NO3P. The molecule has 0 saturated carbocycles. The number of hydrogen-bond donors (Lipinski definition) is 1. The van der Waals surface area contributed by atoms with Crippen LogP contribution in [0.4, 0.5) is 0 Å². The van der Waals surface area contributed by atoms with E-state index in [-0.39, 0.29) is 6.16 Å². The Balaban J connectivity index is 1.83. The average molecular weight is 277 g/mol. The van der Waals surface area contributed by atoms with Crippen molar-refractivity contribution in [1.82, 2.24) is 4.98 Å². The van der Waals surface area contributed by atoms with E-state index in [2.05, 4.69) is 4.98 Å². The third kappa shape index (κ3) is 4.86. The van der Waals surface area contributed by atoms with Crippen LogP contribution in [0.1, 0.15) is 12.0 Å². The van der Waals surface area contributed by atoms with Crippen LogP contribution < -0.4 is 4.52 Å². The summed E-state index contributed by atoms with van der Waals surface area (Å²) in [5.41, 5.74) is 1.06. The van der Waals surface area contributed by atoms with Gasteiger partial charge in [-0.25, -0.2) is 4.57 Å². The van der Waals surface area contributed by atoms with E-state index < -0.39 is 7.60 Å². The summed E-state index contributed by atoms with van der Waals surface area (Å²) in [5, 5.41) is 0. The summed E-state index contributed by atoms with van der Waals surface area (Å²) in [6.07, 6.45) is 4.92. The van der Waals surface area contributed by atoms with Gasteiger partial charge >= 0.3 is 7.60 Å². The SMILES string of the molecule is O=P(O)(CCCc1cccnc1)Oc1ccccc1. The van der Waals surface area contributed by atoms with Crippen molar-refractivity contribution in [2.45, 2.75) is 12.8 Å². The van der Waals surface area contributed by atoms with Gasteiger partial charge in [-0.2, -0.15) is 0 Å². The van der Waals surface area contributed by atoms with Crippen molar-refractivity contribution in [2.75, 3.05) is 6.16 Å². The Morgan fingerprint density at radius 3 is 2.63 bits per heavy atom. The fourth-order valence-corrected chi connectivity index (χ4v) is 2.82. The molecule has 2 aromatic rings. The molecule has 0 aliphatic rings. The zero-order valence-electron chi connectivity index (χ0n) is 10.5. The summed E-state index contributed by atoms with van der Waals surface area (Å²) in [5.74, 6) is 0.426. The van der Waals surface area contributed by atoms with Gasteiger partial charge in [0.15, 0.2) is 0 Å². The van der Waals surface area contributed by atoms with Crippen molar-refractivity contribution < 1.29 is 14.0 Å². The first-order valence-electron chi connectivity index (χ1n) is 6.11. The number of para-hydroxylation sites is 1. The van der Waals surface area contributed by atoms with Crippen LogP contribution in [0.5, 0.6) is 5.75 Å². The maximum atomic E-state index is 11.9. The highest BCUT2D eigenvalue weighted by atomic mass is 31.2. The largest absolute Gasteiger partial charge is 0.424 e. The van der Waals surface area contributed by atoms with Crippen molar-refractivity contribution >= 4 is 7.60 Å². The lowest BCUT2D eigenvalue weighted by molar-refractivity contribution is 0.378. The second-order valence-electron chi connectivity index (χ2n) is 4.23. The second kappa shape index (κ2) is 6.50. The summed E-state index contributed by atoms with van der Waals surface area (Å²) in [6, 6.07) is 12.5. The Morgan fingerprint density at radius 2 is 1.95 bits per heavy atom. The smallest absolute Gasteiger partial charge is 0.376 e. The molecule has 0 aliphatic heterocycles. The Morgan fingerprint density at radius 1 is 1.16 bits per heavy atom. The number of nitrogens with zero attached hydrogens (tertiary/aromatic N) is 1. The Hall–Kier alpha value is -1.64. The van der Waals surface area contributed by atoms with E-state index in [1.807, 2.05) is 18.2 Å². The zero-order chi connectivity index (χ0) is 13.6. The molecule has 0 aliphatic carbocycles. The van der Waals surface area contributed by atoms with Crippen molar-refractivity contribution in [3.05, 3.63) is 60.4 Å². The van der Waals surface area contributed by atoms with Gasteiger partial charge in [-0.15, -0.1) is 0 Å². The molecule has 5 heteroatoms. The first-order valence-corrected chi connectivity index (χ1v) is 7.87. The molecule has 4 nitrogen and oxygen atoms in total. The lowest BCUT2D eigenvalue weighted by Gasteiger charge is -2.13. The Kier molecular flexibility index (Phi) is 4.72. The number of aromatic nitrogens is 1. The van der Waals surface area contributed by atoms with E-state index in [1.165, 1.54) is 0 Å². The molecular weight excluding hydrogens is 261 g/mol. The van der Waals surface area contributed by atoms with Crippen LogP contribution in [0.25, 0.3) is 0 Å². The van der Waals surface area contributed by atoms with Crippen molar-refractivity contribution in [1.29, 1.82) is 0 Å². The van der Waals surface area contributed by atoms with Crippen LogP contribution in [0.15, 0.2) is 54.9 Å². The normalized spacial score (nSPS) is 13.7. The highest BCUT2D eigenvalue weighted by Gasteiger charge is 2.20. The summed E-state index contributed by atoms with van der Waals surface area (Å²) >= 11 is 0. The summed E-state index contributed by atoms with van der Waals surface area (Å²) < 4.78 is 17.0. The van der Waals surface area contributed by atoms with E-state index >= 15 is 0 Å². The number of benzene rings is 1. The van der Waals surface area contributed by atoms with Crippen LogP contribution >= 0.6 is 7.60 Å². The molecule has 1 heterocycles. The third-order valence-electron chi connectivity index (χ3n) is 2.62. The van der Waals surface area contributed by atoms with Crippen molar-refractivity contribution in [3.8, 4) is 5.75 Å². The lowest BCUT2D eigenvalue weighted by Crippen LogP contribution is -1.99. The molecule has 0 bridgehead atoms. The summed E-state index contributed by atoms with van der Waals surface area (Å²) in [4.78, 5) is 13.8. The number of rotatable bonds is 6. The van der Waals surface area contributed by atoms with Gasteiger partial charge in [-0.1, -0.05) is 24.3 Å². The van der Waals surface area contributed by atoms with Gasteiger partial charge in [0.2, 0.25) is 0 Å². The molecule has 19 heavy (non-hydrogen) atoms. The predicted molar refractivity (Wildman–Crippen MR) is 74.3 cm³/mol. The van der Waals surface area contributed by atoms with E-state index in [0.717, 1.165) is 12.0 Å². The molecule has 0 amide bonds. The summed E-state index contributed by atoms with van der Waals surface area (Å²) in [6.45, 7) is 0. The van der Waals surface area contributed by atoms with E-state index in [0.29, 0.717) is 12.2 Å². The Labute approximate surface area is 112 Å². The number of hydrogen-bond acceptors (Lipinski definition) is 3. The van der Waals surface area contributed by atoms with Gasteiger partial charge in [0.25, 0.3) is 0 Å². The van der Waals surface area contributed by atoms with Crippen LogP contribution in [0.2, 0.25) is 0 Å². The minimum absolute atomic E-state index is 0.136. The van der Waals surface area contributed by atoms with Crippen molar-refractivity contribution in [3.63, 3.8) is 0 Å². The standard InChI is InChI=1S/C14H16NO3P/c16-19(17,18-14-8-2-1-3-9-14)11-5-7-13-6-4-10-15-12-13/h1-4,6,8-10,12H,5,7,11H2,(H,16,17). The van der Waals surface area contributed by atoms with E-state index in [4.69, 9.17) is 4.52 Å². The van der Waals surface area contributed by atoms with Gasteiger partial charge in [0, 0.05) is 12.4 Å². The molecule has 2 rings (SSSR count). The highest BCUT2D eigenvalue weighted by Crippen LogP contribution is 2.43. The Bertz CT molecular complexity index is 545. The van der Waals surface area contributed by atoms with Crippen LogP contribution in [-0.4, -0.2) is 16.0 Å². The fourth-order valence-electron chi connectivity index (χ4n) is 1.72. The molecule has 1 unspecified atom stereocenters. The summed E-state index contributed by atoms with van der Waals surface area (Å²) in [7, 11) is -3.57. The number of aryl methyl sites for hydroxylation is 1. The molecule has 0 spiro atoms. The highest BCUT2D eigenvalue weighted by molar-refractivity contribution is 7.53. The number of pyridine rings is 1. The molecule has 1 aromatic carbocycles. The van der Waals surface area contributed by atoms with Crippen molar-refractivity contribution in [2.24, 2.45) is 0 Å². The molecule has 1 atom stereocenters. The fraction of sp³-hybridized carbons (Fsp3) is 0.214. The van der Waals surface area contributed by atoms with Crippen LogP contribution in [-0.2, 0) is 11.0 Å². The molecule has 1 aromatic heterocycles. The quantitative estimate of drug-likeness (QED) is 0.823. The molecule has 1 N–H and O–H groups in total. The first kappa shape index (κ1) is 13.8. The van der Waals surface area contributed by atoms with Gasteiger partial charge < -0.3 is 9.42 Å². The maximum absolute atomic E-state index is 11.9. The third-order valence-corrected chi connectivity index (χ3v) is 4.00. The first-order chi connectivity index (χ1) is 9.16. The van der Waals surface area contributed by atoms with Crippen LogP contribution in [0, 0.1) is 0 Å². The van der Waals surface area contributed by atoms with E-state index in [1.54, 1.807) is 36.7 Å². The van der Waals surface area contributed by atoms with Gasteiger partial charge in [-0.3, -0.25) is 4.98 Å². The minimum Gasteiger partial charge on any atom is -0.424 e. The molecule has 0 radical (unpaired) electrons. The van der Waals surface area contributed by atoms with Gasteiger partial charge in [-0.05, 0) is 36.6 Å². The zero-order valence-corrected chi connectivity index (χ0v) is 11.4. The monoisotopic (exact) mass is 277 g/mol. The maximum Gasteiger partial charge on any atom is 0.376 e. The molecule has 0 saturated heterocycles. The van der Waals surface area contributed by atoms with Crippen LogP contribution in [0.3, 0.4) is 0 Å². The average Bonchev–Trinajstić information content (AvgIpc) is 2.40. The lowest BCUT2D eigenvalue weighted by atomic mass is 10.2.